The van der Waals surface area contributed by atoms with Gasteiger partial charge in [0.1, 0.15) is 5.82 Å². The van der Waals surface area contributed by atoms with E-state index in [9.17, 15) is 18.5 Å². The third kappa shape index (κ3) is 3.76. The van der Waals surface area contributed by atoms with Gasteiger partial charge in [0.2, 0.25) is 10.0 Å². The van der Waals surface area contributed by atoms with Crippen LogP contribution in [0.2, 0.25) is 0 Å². The Labute approximate surface area is 152 Å². The molecule has 1 saturated heterocycles. The van der Waals surface area contributed by atoms with Crippen molar-refractivity contribution in [1.82, 2.24) is 18.8 Å². The van der Waals surface area contributed by atoms with E-state index in [4.69, 9.17) is 0 Å². The Balaban J connectivity index is 1.64. The van der Waals surface area contributed by atoms with Gasteiger partial charge >= 0.3 is 0 Å². The summed E-state index contributed by atoms with van der Waals surface area (Å²) in [7, 11) is -3.88. The first-order chi connectivity index (χ1) is 12.4. The minimum absolute atomic E-state index is 0.243. The lowest BCUT2D eigenvalue weighted by atomic mass is 10.3. The van der Waals surface area contributed by atoms with Gasteiger partial charge in [-0.05, 0) is 13.0 Å². The van der Waals surface area contributed by atoms with E-state index in [1.54, 1.807) is 6.20 Å². The number of nitro groups is 1. The lowest BCUT2D eigenvalue weighted by molar-refractivity contribution is -0.387. The van der Waals surface area contributed by atoms with Crippen LogP contribution in [-0.2, 0) is 16.6 Å². The Morgan fingerprint density at radius 1 is 1.15 bits per heavy atom. The number of para-hydroxylation sites is 1. The van der Waals surface area contributed by atoms with Gasteiger partial charge in [-0.15, -0.1) is 0 Å². The summed E-state index contributed by atoms with van der Waals surface area (Å²) in [6.07, 6.45) is 3.68. The number of sulfonamides is 1. The normalized spacial score (nSPS) is 16.7. The summed E-state index contributed by atoms with van der Waals surface area (Å²) in [4.78, 5) is 16.6. The number of imidazole rings is 1. The van der Waals surface area contributed by atoms with Gasteiger partial charge in [0, 0.05) is 57.7 Å². The molecule has 0 amide bonds. The molecule has 26 heavy (non-hydrogen) atoms. The number of hydrogen-bond donors (Lipinski definition) is 0. The van der Waals surface area contributed by atoms with Gasteiger partial charge in [-0.25, -0.2) is 13.4 Å². The minimum atomic E-state index is -3.88. The summed E-state index contributed by atoms with van der Waals surface area (Å²) < 4.78 is 29.0. The van der Waals surface area contributed by atoms with Crippen molar-refractivity contribution in [3.05, 3.63) is 52.6 Å². The maximum atomic E-state index is 12.8. The molecule has 0 N–H and O–H groups in total. The number of aromatic nitrogens is 2. The van der Waals surface area contributed by atoms with Crippen LogP contribution < -0.4 is 0 Å². The Kier molecular flexibility index (Phi) is 5.35. The second-order valence-electron chi connectivity index (χ2n) is 6.14. The first-order valence-electron chi connectivity index (χ1n) is 8.33. The molecule has 2 heterocycles. The van der Waals surface area contributed by atoms with Crippen LogP contribution in [-0.4, -0.2) is 64.8 Å². The van der Waals surface area contributed by atoms with Crippen molar-refractivity contribution in [1.29, 1.82) is 0 Å². The highest BCUT2D eigenvalue weighted by atomic mass is 32.2. The standard InChI is InChI=1S/C16H21N5O4S/c1-14-17-6-7-19(14)11-8-18-9-12-20(13-10-18)26(24,25)16-5-3-2-4-15(16)21(22)23/h2-7H,8-13H2,1H3. The topological polar surface area (TPSA) is 102 Å². The number of benzene rings is 1. The molecule has 0 unspecified atom stereocenters. The van der Waals surface area contributed by atoms with E-state index >= 15 is 0 Å². The van der Waals surface area contributed by atoms with Crippen molar-refractivity contribution in [2.75, 3.05) is 32.7 Å². The Morgan fingerprint density at radius 3 is 2.46 bits per heavy atom. The summed E-state index contributed by atoms with van der Waals surface area (Å²) in [5.74, 6) is 0.947. The predicted octanol–water partition coefficient (Wildman–Crippen LogP) is 1.11. The van der Waals surface area contributed by atoms with E-state index in [2.05, 4.69) is 14.5 Å². The summed E-state index contributed by atoms with van der Waals surface area (Å²) in [5, 5.41) is 11.1. The molecule has 9 nitrogen and oxygen atoms in total. The third-order valence-electron chi connectivity index (χ3n) is 4.59. The number of piperazine rings is 1. The van der Waals surface area contributed by atoms with E-state index in [0.29, 0.717) is 26.2 Å². The number of hydrogen-bond acceptors (Lipinski definition) is 6. The smallest absolute Gasteiger partial charge is 0.289 e. The largest absolute Gasteiger partial charge is 0.334 e. The van der Waals surface area contributed by atoms with Crippen LogP contribution in [0.4, 0.5) is 5.69 Å². The average molecular weight is 379 g/mol. The molecule has 3 rings (SSSR count). The molecule has 1 aliphatic rings. The van der Waals surface area contributed by atoms with Crippen molar-refractivity contribution in [3.8, 4) is 0 Å². The molecule has 0 aliphatic carbocycles. The Morgan fingerprint density at radius 2 is 1.85 bits per heavy atom. The fourth-order valence-electron chi connectivity index (χ4n) is 3.05. The van der Waals surface area contributed by atoms with Gasteiger partial charge < -0.3 is 4.57 Å². The lowest BCUT2D eigenvalue weighted by Crippen LogP contribution is -2.49. The molecule has 1 aliphatic heterocycles. The molecule has 1 aromatic heterocycles. The third-order valence-corrected chi connectivity index (χ3v) is 6.54. The maximum absolute atomic E-state index is 12.8. The van der Waals surface area contributed by atoms with Crippen LogP contribution in [0.5, 0.6) is 0 Å². The Bertz CT molecular complexity index is 888. The van der Waals surface area contributed by atoms with Crippen LogP contribution >= 0.6 is 0 Å². The SMILES string of the molecule is Cc1nccn1CCN1CCN(S(=O)(=O)c2ccccc2[N+](=O)[O-])CC1. The van der Waals surface area contributed by atoms with Crippen molar-refractivity contribution in [3.63, 3.8) is 0 Å². The summed E-state index contributed by atoms with van der Waals surface area (Å²) in [6.45, 7) is 5.35. The molecule has 0 saturated carbocycles. The van der Waals surface area contributed by atoms with E-state index in [0.717, 1.165) is 18.9 Å². The molecule has 1 aromatic carbocycles. The van der Waals surface area contributed by atoms with Crippen LogP contribution in [0.3, 0.4) is 0 Å². The Hall–Kier alpha value is -2.30. The molecule has 0 bridgehead atoms. The minimum Gasteiger partial charge on any atom is -0.334 e. The fourth-order valence-corrected chi connectivity index (χ4v) is 4.63. The van der Waals surface area contributed by atoms with Gasteiger partial charge in [-0.2, -0.15) is 4.31 Å². The van der Waals surface area contributed by atoms with E-state index in [1.807, 2.05) is 13.1 Å². The number of nitro benzene ring substituents is 1. The highest BCUT2D eigenvalue weighted by Gasteiger charge is 2.33. The molecule has 0 atom stereocenters. The van der Waals surface area contributed by atoms with Crippen LogP contribution in [0.15, 0.2) is 41.6 Å². The molecule has 0 radical (unpaired) electrons. The van der Waals surface area contributed by atoms with Crippen molar-refractivity contribution >= 4 is 15.7 Å². The van der Waals surface area contributed by atoms with Crippen molar-refractivity contribution in [2.45, 2.75) is 18.4 Å². The second-order valence-corrected chi connectivity index (χ2v) is 8.04. The predicted molar refractivity (Wildman–Crippen MR) is 95.3 cm³/mol. The quantitative estimate of drug-likeness (QED) is 0.550. The summed E-state index contributed by atoms with van der Waals surface area (Å²) >= 11 is 0. The molecular weight excluding hydrogens is 358 g/mol. The number of aryl methyl sites for hydroxylation is 1. The van der Waals surface area contributed by atoms with Crippen LogP contribution in [0.25, 0.3) is 0 Å². The maximum Gasteiger partial charge on any atom is 0.289 e. The highest BCUT2D eigenvalue weighted by Crippen LogP contribution is 2.26. The van der Waals surface area contributed by atoms with Crippen LogP contribution in [0.1, 0.15) is 5.82 Å². The lowest BCUT2D eigenvalue weighted by Gasteiger charge is -2.33. The van der Waals surface area contributed by atoms with E-state index < -0.39 is 14.9 Å². The van der Waals surface area contributed by atoms with Crippen molar-refractivity contribution in [2.24, 2.45) is 0 Å². The zero-order valence-corrected chi connectivity index (χ0v) is 15.3. The monoisotopic (exact) mass is 379 g/mol. The first kappa shape index (κ1) is 18.5. The van der Waals surface area contributed by atoms with Gasteiger partial charge in [-0.1, -0.05) is 12.1 Å². The molecule has 0 spiro atoms. The fraction of sp³-hybridized carbons (Fsp3) is 0.438. The second kappa shape index (κ2) is 7.52. The summed E-state index contributed by atoms with van der Waals surface area (Å²) in [5.41, 5.74) is -0.384. The number of nitrogens with zero attached hydrogens (tertiary/aromatic N) is 5. The molecular formula is C16H21N5O4S. The zero-order valence-electron chi connectivity index (χ0n) is 14.5. The molecule has 10 heteroatoms. The van der Waals surface area contributed by atoms with E-state index in [1.165, 1.54) is 28.6 Å². The molecule has 1 fully saturated rings. The molecule has 2 aromatic rings. The van der Waals surface area contributed by atoms with Crippen molar-refractivity contribution < 1.29 is 13.3 Å². The van der Waals surface area contributed by atoms with Gasteiger partial charge in [-0.3, -0.25) is 15.0 Å². The van der Waals surface area contributed by atoms with Crippen LogP contribution in [0, 0.1) is 17.0 Å². The molecule has 140 valence electrons. The average Bonchev–Trinajstić information content (AvgIpc) is 3.05. The van der Waals surface area contributed by atoms with Gasteiger partial charge in [0.25, 0.3) is 5.69 Å². The van der Waals surface area contributed by atoms with Gasteiger partial charge in [0.15, 0.2) is 4.90 Å². The number of rotatable bonds is 6. The van der Waals surface area contributed by atoms with Gasteiger partial charge in [0.05, 0.1) is 4.92 Å². The first-order valence-corrected chi connectivity index (χ1v) is 9.77. The highest BCUT2D eigenvalue weighted by molar-refractivity contribution is 7.89. The summed E-state index contributed by atoms with van der Waals surface area (Å²) in [6, 6.07) is 5.48. The van der Waals surface area contributed by atoms with E-state index in [-0.39, 0.29) is 10.6 Å². The zero-order chi connectivity index (χ0) is 18.7.